The Morgan fingerprint density at radius 1 is 1.39 bits per heavy atom. The van der Waals surface area contributed by atoms with Gasteiger partial charge >= 0.3 is 6.09 Å². The maximum Gasteiger partial charge on any atom is 0.410 e. The Kier molecular flexibility index (Phi) is 6.22. The summed E-state index contributed by atoms with van der Waals surface area (Å²) in [6.45, 7) is 6.19. The van der Waals surface area contributed by atoms with E-state index in [1.807, 2.05) is 44.7 Å². The van der Waals surface area contributed by atoms with Crippen LogP contribution in [0.5, 0.6) is 0 Å². The summed E-state index contributed by atoms with van der Waals surface area (Å²) < 4.78 is 5.42. The molecule has 1 atom stereocenters. The lowest BCUT2D eigenvalue weighted by Crippen LogP contribution is -2.34. The third-order valence-corrected chi connectivity index (χ3v) is 4.87. The zero-order valence-electron chi connectivity index (χ0n) is 14.6. The van der Waals surface area contributed by atoms with Crippen molar-refractivity contribution in [1.82, 2.24) is 4.90 Å². The Morgan fingerprint density at radius 2 is 2.13 bits per heavy atom. The fraction of sp³-hybridized carbons (Fsp3) is 0.611. The van der Waals surface area contributed by atoms with Crippen LogP contribution in [0.25, 0.3) is 0 Å². The SMILES string of the molecule is CN(Cc1ccccc1NC1CCCSC1)C(=O)OC(C)(C)C. The smallest absolute Gasteiger partial charge is 0.410 e. The predicted molar refractivity (Wildman–Crippen MR) is 98.1 cm³/mol. The second-order valence-corrected chi connectivity index (χ2v) is 8.20. The first-order valence-electron chi connectivity index (χ1n) is 8.21. The van der Waals surface area contributed by atoms with E-state index in [1.54, 1.807) is 11.9 Å². The number of hydrogen-bond acceptors (Lipinski definition) is 4. The summed E-state index contributed by atoms with van der Waals surface area (Å²) in [6, 6.07) is 8.73. The highest BCUT2D eigenvalue weighted by molar-refractivity contribution is 7.99. The first-order chi connectivity index (χ1) is 10.8. The van der Waals surface area contributed by atoms with Crippen molar-refractivity contribution in [3.8, 4) is 0 Å². The topological polar surface area (TPSA) is 41.6 Å². The van der Waals surface area contributed by atoms with E-state index in [9.17, 15) is 4.79 Å². The van der Waals surface area contributed by atoms with E-state index in [4.69, 9.17) is 4.74 Å². The van der Waals surface area contributed by atoms with E-state index >= 15 is 0 Å². The van der Waals surface area contributed by atoms with Gasteiger partial charge in [0.1, 0.15) is 5.60 Å². The van der Waals surface area contributed by atoms with Gasteiger partial charge in [-0.05, 0) is 51.0 Å². The van der Waals surface area contributed by atoms with E-state index in [0.717, 1.165) is 17.0 Å². The maximum atomic E-state index is 12.1. The molecule has 1 heterocycles. The van der Waals surface area contributed by atoms with Crippen LogP contribution in [0, 0.1) is 0 Å². The summed E-state index contributed by atoms with van der Waals surface area (Å²) >= 11 is 2.01. The molecule has 5 heteroatoms. The molecule has 1 aliphatic heterocycles. The molecule has 0 aromatic heterocycles. The Balaban J connectivity index is 2.00. The van der Waals surface area contributed by atoms with Gasteiger partial charge in [-0.3, -0.25) is 0 Å². The molecule has 1 N–H and O–H groups in total. The number of hydrogen-bond donors (Lipinski definition) is 1. The van der Waals surface area contributed by atoms with Crippen LogP contribution >= 0.6 is 11.8 Å². The third-order valence-electron chi connectivity index (χ3n) is 3.65. The number of anilines is 1. The molecule has 0 aliphatic carbocycles. The highest BCUT2D eigenvalue weighted by Gasteiger charge is 2.21. The van der Waals surface area contributed by atoms with Crippen LogP contribution in [0.4, 0.5) is 10.5 Å². The van der Waals surface area contributed by atoms with Crippen LogP contribution in [0.3, 0.4) is 0 Å². The van der Waals surface area contributed by atoms with Crippen LogP contribution in [0.15, 0.2) is 24.3 Å². The van der Waals surface area contributed by atoms with Gasteiger partial charge in [0, 0.05) is 24.5 Å². The lowest BCUT2D eigenvalue weighted by atomic mass is 10.1. The van der Waals surface area contributed by atoms with Crippen LogP contribution in [0.2, 0.25) is 0 Å². The maximum absolute atomic E-state index is 12.1. The van der Waals surface area contributed by atoms with Crippen molar-refractivity contribution in [3.63, 3.8) is 0 Å². The zero-order valence-corrected chi connectivity index (χ0v) is 15.4. The van der Waals surface area contributed by atoms with Gasteiger partial charge in [-0.25, -0.2) is 4.79 Å². The molecule has 0 radical (unpaired) electrons. The van der Waals surface area contributed by atoms with Gasteiger partial charge in [-0.1, -0.05) is 18.2 Å². The van der Waals surface area contributed by atoms with Crippen LogP contribution in [0.1, 0.15) is 39.2 Å². The van der Waals surface area contributed by atoms with E-state index in [-0.39, 0.29) is 6.09 Å². The fourth-order valence-electron chi connectivity index (χ4n) is 2.53. The molecule has 0 saturated carbocycles. The van der Waals surface area contributed by atoms with Crippen molar-refractivity contribution in [2.45, 2.75) is 51.8 Å². The number of amides is 1. The minimum atomic E-state index is -0.470. The van der Waals surface area contributed by atoms with Gasteiger partial charge in [0.25, 0.3) is 0 Å². The molecule has 0 bridgehead atoms. The van der Waals surface area contributed by atoms with Crippen molar-refractivity contribution < 1.29 is 9.53 Å². The summed E-state index contributed by atoms with van der Waals surface area (Å²) in [5, 5.41) is 3.64. The minimum Gasteiger partial charge on any atom is -0.444 e. The quantitative estimate of drug-likeness (QED) is 0.887. The molecule has 1 aromatic rings. The molecule has 1 aliphatic rings. The molecular weight excluding hydrogens is 308 g/mol. The first kappa shape index (κ1) is 18.0. The zero-order chi connectivity index (χ0) is 16.9. The first-order valence-corrected chi connectivity index (χ1v) is 9.37. The molecule has 23 heavy (non-hydrogen) atoms. The number of carbonyl (C=O) groups excluding carboxylic acids is 1. The average Bonchev–Trinajstić information content (AvgIpc) is 2.48. The minimum absolute atomic E-state index is 0.291. The number of nitrogens with zero attached hydrogens (tertiary/aromatic N) is 1. The summed E-state index contributed by atoms with van der Waals surface area (Å²) in [5.74, 6) is 2.41. The molecule has 1 fully saturated rings. The fourth-order valence-corrected chi connectivity index (χ4v) is 3.61. The predicted octanol–water partition coefficient (Wildman–Crippen LogP) is 4.36. The van der Waals surface area contributed by atoms with Gasteiger partial charge in [-0.15, -0.1) is 0 Å². The summed E-state index contributed by atoms with van der Waals surface area (Å²) in [5.41, 5.74) is 1.77. The van der Waals surface area contributed by atoms with Gasteiger partial charge in [-0.2, -0.15) is 11.8 Å². The molecule has 0 spiro atoms. The monoisotopic (exact) mass is 336 g/mol. The molecule has 1 aromatic carbocycles. The Hall–Kier alpha value is -1.36. The molecule has 2 rings (SSSR count). The summed E-state index contributed by atoms with van der Waals surface area (Å²) in [7, 11) is 1.78. The van der Waals surface area contributed by atoms with Crippen molar-refractivity contribution in [1.29, 1.82) is 0 Å². The van der Waals surface area contributed by atoms with Crippen LogP contribution < -0.4 is 5.32 Å². The summed E-state index contributed by atoms with van der Waals surface area (Å²) in [6.07, 6.45) is 2.19. The van der Waals surface area contributed by atoms with Crippen LogP contribution in [-0.4, -0.2) is 41.2 Å². The lowest BCUT2D eigenvalue weighted by Gasteiger charge is -2.27. The molecule has 1 amide bonds. The molecule has 1 unspecified atom stereocenters. The second-order valence-electron chi connectivity index (χ2n) is 7.05. The highest BCUT2D eigenvalue weighted by Crippen LogP contribution is 2.24. The number of thioether (sulfide) groups is 1. The molecular formula is C18H28N2O2S. The van der Waals surface area contributed by atoms with E-state index in [1.165, 1.54) is 18.6 Å². The van der Waals surface area contributed by atoms with Gasteiger partial charge in [0.15, 0.2) is 0 Å². The van der Waals surface area contributed by atoms with Gasteiger partial charge < -0.3 is 15.0 Å². The summed E-state index contributed by atoms with van der Waals surface area (Å²) in [4.78, 5) is 13.8. The van der Waals surface area contributed by atoms with Crippen molar-refractivity contribution in [2.75, 3.05) is 23.9 Å². The lowest BCUT2D eigenvalue weighted by molar-refractivity contribution is 0.0285. The third kappa shape index (κ3) is 5.98. The second kappa shape index (κ2) is 7.95. The normalized spacial score (nSPS) is 18.3. The Bertz CT molecular complexity index is 522. The average molecular weight is 337 g/mol. The highest BCUT2D eigenvalue weighted by atomic mass is 32.2. The largest absolute Gasteiger partial charge is 0.444 e. The van der Waals surface area contributed by atoms with Gasteiger partial charge in [0.2, 0.25) is 0 Å². The standard InChI is InChI=1S/C18H28N2O2S/c1-18(2,3)22-17(21)20(4)12-14-8-5-6-10-16(14)19-15-9-7-11-23-13-15/h5-6,8,10,15,19H,7,9,11-13H2,1-4H3. The number of para-hydroxylation sites is 1. The number of ether oxygens (including phenoxy) is 1. The number of rotatable bonds is 4. The number of benzene rings is 1. The number of carbonyl (C=O) groups is 1. The molecule has 4 nitrogen and oxygen atoms in total. The van der Waals surface area contributed by atoms with Gasteiger partial charge in [0.05, 0.1) is 6.54 Å². The van der Waals surface area contributed by atoms with Crippen molar-refractivity contribution in [3.05, 3.63) is 29.8 Å². The van der Waals surface area contributed by atoms with Crippen LogP contribution in [-0.2, 0) is 11.3 Å². The molecule has 1 saturated heterocycles. The van der Waals surface area contributed by atoms with E-state index < -0.39 is 5.60 Å². The van der Waals surface area contributed by atoms with Crippen molar-refractivity contribution in [2.24, 2.45) is 0 Å². The Labute approximate surface area is 144 Å². The van der Waals surface area contributed by atoms with E-state index in [2.05, 4.69) is 17.4 Å². The number of nitrogens with one attached hydrogen (secondary N) is 1. The Morgan fingerprint density at radius 3 is 2.78 bits per heavy atom. The van der Waals surface area contributed by atoms with Crippen molar-refractivity contribution >= 4 is 23.5 Å². The van der Waals surface area contributed by atoms with E-state index in [0.29, 0.717) is 12.6 Å². The molecule has 128 valence electrons.